The molecule has 0 spiro atoms. The van der Waals surface area contributed by atoms with Gasteiger partial charge in [-0.2, -0.15) is 10.2 Å². The minimum absolute atomic E-state index is 0.418. The summed E-state index contributed by atoms with van der Waals surface area (Å²) in [5, 5.41) is 12.5. The van der Waals surface area contributed by atoms with E-state index in [2.05, 4.69) is 30.2 Å². The zero-order valence-electron chi connectivity index (χ0n) is 9.33. The first-order valence-corrected chi connectivity index (χ1v) is 6.42. The number of halogens is 1. The van der Waals surface area contributed by atoms with E-state index in [-0.39, 0.29) is 0 Å². The van der Waals surface area contributed by atoms with Gasteiger partial charge in [-0.15, -0.1) is 0 Å². The Kier molecular flexibility index (Phi) is 2.88. The second kappa shape index (κ2) is 4.54. The molecule has 3 aromatic rings. The molecule has 18 heavy (non-hydrogen) atoms. The van der Waals surface area contributed by atoms with Crippen LogP contribution < -0.4 is 0 Å². The van der Waals surface area contributed by atoms with Gasteiger partial charge in [0.2, 0.25) is 0 Å². The molecule has 3 heterocycles. The third-order valence-corrected chi connectivity index (χ3v) is 3.48. The Morgan fingerprint density at radius 2 is 2.33 bits per heavy atom. The van der Waals surface area contributed by atoms with Crippen molar-refractivity contribution in [2.24, 2.45) is 7.05 Å². The first kappa shape index (κ1) is 11.4. The number of hydrogen-bond donors (Lipinski definition) is 1. The number of fused-ring (bicyclic) bond motifs is 1. The van der Waals surface area contributed by atoms with Crippen molar-refractivity contribution in [3.8, 4) is 0 Å². The zero-order valence-corrected chi connectivity index (χ0v) is 10.9. The molecule has 0 bridgehead atoms. The lowest BCUT2D eigenvalue weighted by Gasteiger charge is -2.01. The summed E-state index contributed by atoms with van der Waals surface area (Å²) in [7, 11) is 1.82. The third-order valence-electron chi connectivity index (χ3n) is 2.32. The van der Waals surface area contributed by atoms with E-state index in [0.717, 1.165) is 16.2 Å². The number of thioether (sulfide) groups is 1. The Balaban J connectivity index is 1.90. The van der Waals surface area contributed by atoms with Gasteiger partial charge in [-0.3, -0.25) is 9.78 Å². The topological polar surface area (TPSA) is 85.2 Å². The highest BCUT2D eigenvalue weighted by atomic mass is 35.5. The lowest BCUT2D eigenvalue weighted by atomic mass is 10.4. The summed E-state index contributed by atoms with van der Waals surface area (Å²) in [5.74, 6) is 1.20. The molecule has 0 aliphatic heterocycles. The monoisotopic (exact) mass is 281 g/mol. The molecule has 0 aromatic carbocycles. The van der Waals surface area contributed by atoms with Crippen LogP contribution in [0.15, 0.2) is 17.7 Å². The van der Waals surface area contributed by atoms with Gasteiger partial charge in [0.1, 0.15) is 17.3 Å². The molecule has 3 aromatic heterocycles. The molecule has 0 saturated carbocycles. The average molecular weight is 282 g/mol. The molecule has 0 amide bonds. The number of hydrogen-bond acceptors (Lipinski definition) is 6. The van der Waals surface area contributed by atoms with Crippen molar-refractivity contribution < 1.29 is 0 Å². The quantitative estimate of drug-likeness (QED) is 0.577. The molecular weight excluding hydrogens is 274 g/mol. The van der Waals surface area contributed by atoms with Crippen molar-refractivity contribution in [3.63, 3.8) is 0 Å². The molecule has 0 aliphatic rings. The van der Waals surface area contributed by atoms with Gasteiger partial charge in [0.15, 0.2) is 10.8 Å². The molecule has 0 radical (unpaired) electrons. The van der Waals surface area contributed by atoms with Crippen molar-refractivity contribution in [2.75, 3.05) is 0 Å². The van der Waals surface area contributed by atoms with Crippen LogP contribution in [0.3, 0.4) is 0 Å². The van der Waals surface area contributed by atoms with Crippen LogP contribution in [0.5, 0.6) is 0 Å². The van der Waals surface area contributed by atoms with Crippen molar-refractivity contribution in [1.29, 1.82) is 0 Å². The third kappa shape index (κ3) is 2.04. The van der Waals surface area contributed by atoms with Gasteiger partial charge in [0, 0.05) is 7.05 Å². The zero-order chi connectivity index (χ0) is 12.5. The van der Waals surface area contributed by atoms with Gasteiger partial charge in [-0.25, -0.2) is 15.0 Å². The average Bonchev–Trinajstić information content (AvgIpc) is 2.98. The lowest BCUT2D eigenvalue weighted by Crippen LogP contribution is -1.98. The number of H-pyrrole nitrogens is 1. The second-order valence-electron chi connectivity index (χ2n) is 3.52. The summed E-state index contributed by atoms with van der Waals surface area (Å²) in [6, 6.07) is 0. The van der Waals surface area contributed by atoms with E-state index in [0.29, 0.717) is 16.7 Å². The Bertz CT molecular complexity index is 678. The van der Waals surface area contributed by atoms with E-state index in [4.69, 9.17) is 11.6 Å². The summed E-state index contributed by atoms with van der Waals surface area (Å²) in [5.41, 5.74) is 0.725. The summed E-state index contributed by atoms with van der Waals surface area (Å²) >= 11 is 7.55. The largest absolute Gasteiger partial charge is 0.254 e. The molecule has 9 heteroatoms. The molecular formula is C9H8ClN7S. The number of rotatable bonds is 3. The van der Waals surface area contributed by atoms with Crippen LogP contribution in [0.1, 0.15) is 5.82 Å². The van der Waals surface area contributed by atoms with Gasteiger partial charge in [-0.05, 0) is 0 Å². The van der Waals surface area contributed by atoms with Crippen LogP contribution in [-0.4, -0.2) is 34.9 Å². The van der Waals surface area contributed by atoms with Crippen molar-refractivity contribution >= 4 is 34.4 Å². The second-order valence-corrected chi connectivity index (χ2v) is 4.84. The summed E-state index contributed by atoms with van der Waals surface area (Å²) in [6.07, 6.45) is 3.12. The van der Waals surface area contributed by atoms with E-state index < -0.39 is 0 Å². The lowest BCUT2D eigenvalue weighted by molar-refractivity contribution is 0.782. The van der Waals surface area contributed by atoms with Gasteiger partial charge >= 0.3 is 0 Å². The molecule has 0 saturated heterocycles. The van der Waals surface area contributed by atoms with Gasteiger partial charge in [0.25, 0.3) is 0 Å². The number of nitrogens with zero attached hydrogens (tertiary/aromatic N) is 6. The maximum atomic E-state index is 6.09. The van der Waals surface area contributed by atoms with Crippen molar-refractivity contribution in [1.82, 2.24) is 34.9 Å². The molecule has 0 unspecified atom stereocenters. The Hall–Kier alpha value is -1.67. The van der Waals surface area contributed by atoms with Crippen LogP contribution in [0.25, 0.3) is 11.0 Å². The van der Waals surface area contributed by atoms with E-state index >= 15 is 0 Å². The normalized spacial score (nSPS) is 11.2. The van der Waals surface area contributed by atoms with E-state index in [1.54, 1.807) is 10.9 Å². The van der Waals surface area contributed by atoms with Gasteiger partial charge in [-0.1, -0.05) is 23.4 Å². The van der Waals surface area contributed by atoms with Crippen LogP contribution in [0.4, 0.5) is 0 Å². The summed E-state index contributed by atoms with van der Waals surface area (Å²) in [6.45, 7) is 0. The highest BCUT2D eigenvalue weighted by Crippen LogP contribution is 2.22. The molecule has 1 N–H and O–H groups in total. The van der Waals surface area contributed by atoms with Crippen LogP contribution >= 0.6 is 23.4 Å². The van der Waals surface area contributed by atoms with Gasteiger partial charge < -0.3 is 0 Å². The number of aryl methyl sites for hydroxylation is 1. The maximum absolute atomic E-state index is 6.09. The SMILES string of the molecule is Cn1ncc2c(Cl)nc(CSc3ncn[nH]3)nc21. The fraction of sp³-hybridized carbons (Fsp3) is 0.222. The number of aromatic amines is 1. The number of aromatic nitrogens is 7. The standard InChI is InChI=1S/C9H8ClN7S/c1-17-8-5(2-13-17)7(10)14-6(15-8)3-18-9-11-4-12-16-9/h2,4H,3H2,1H3,(H,11,12,16). The molecule has 3 rings (SSSR count). The van der Waals surface area contributed by atoms with Crippen molar-refractivity contribution in [2.45, 2.75) is 10.9 Å². The minimum atomic E-state index is 0.418. The predicted octanol–water partition coefficient (Wildman–Crippen LogP) is 1.43. The Morgan fingerprint density at radius 1 is 1.44 bits per heavy atom. The fourth-order valence-corrected chi connectivity index (χ4v) is 2.36. The first-order chi connectivity index (χ1) is 8.74. The van der Waals surface area contributed by atoms with E-state index in [9.17, 15) is 0 Å². The fourth-order valence-electron chi connectivity index (χ4n) is 1.49. The van der Waals surface area contributed by atoms with Gasteiger partial charge in [0.05, 0.1) is 17.3 Å². The Labute approximate surface area is 111 Å². The smallest absolute Gasteiger partial charge is 0.183 e. The molecule has 7 nitrogen and oxygen atoms in total. The highest BCUT2D eigenvalue weighted by molar-refractivity contribution is 7.98. The molecule has 0 fully saturated rings. The molecule has 92 valence electrons. The minimum Gasteiger partial charge on any atom is -0.254 e. The van der Waals surface area contributed by atoms with Crippen LogP contribution in [0, 0.1) is 0 Å². The highest BCUT2D eigenvalue weighted by Gasteiger charge is 2.10. The predicted molar refractivity (Wildman–Crippen MR) is 67.3 cm³/mol. The van der Waals surface area contributed by atoms with Crippen LogP contribution in [-0.2, 0) is 12.8 Å². The first-order valence-electron chi connectivity index (χ1n) is 5.06. The summed E-state index contributed by atoms with van der Waals surface area (Å²) in [4.78, 5) is 12.7. The van der Waals surface area contributed by atoms with Crippen LogP contribution in [0.2, 0.25) is 5.15 Å². The molecule has 0 aliphatic carbocycles. The molecule has 0 atom stereocenters. The summed E-state index contributed by atoms with van der Waals surface area (Å²) < 4.78 is 1.67. The van der Waals surface area contributed by atoms with Crippen molar-refractivity contribution in [3.05, 3.63) is 23.5 Å². The maximum Gasteiger partial charge on any atom is 0.183 e. The number of nitrogens with one attached hydrogen (secondary N) is 1. The van der Waals surface area contributed by atoms with E-state index in [1.807, 2.05) is 7.05 Å². The Morgan fingerprint density at radius 3 is 3.11 bits per heavy atom. The van der Waals surface area contributed by atoms with E-state index in [1.165, 1.54) is 18.1 Å².